The Kier molecular flexibility index (Phi) is 3.96. The molecule has 0 spiro atoms. The summed E-state index contributed by atoms with van der Waals surface area (Å²) in [6.45, 7) is 0.440. The maximum Gasteiger partial charge on any atom is 0.255 e. The third-order valence-corrected chi connectivity index (χ3v) is 3.41. The Bertz CT molecular complexity index is 766. The molecule has 0 unspecified atom stereocenters. The maximum absolute atomic E-state index is 12.4. The lowest BCUT2D eigenvalue weighted by Crippen LogP contribution is -2.23. The van der Waals surface area contributed by atoms with Gasteiger partial charge in [-0.1, -0.05) is 36.4 Å². The fourth-order valence-electron chi connectivity index (χ4n) is 2.32. The zero-order valence-electron chi connectivity index (χ0n) is 12.2. The zero-order valence-corrected chi connectivity index (χ0v) is 12.2. The summed E-state index contributed by atoms with van der Waals surface area (Å²) in [5, 5.41) is 7.12. The molecule has 0 aliphatic carbocycles. The van der Waals surface area contributed by atoms with Gasteiger partial charge in [0, 0.05) is 31.5 Å². The van der Waals surface area contributed by atoms with Gasteiger partial charge in [-0.25, -0.2) is 0 Å². The number of aromatic nitrogens is 3. The smallest absolute Gasteiger partial charge is 0.255 e. The molecule has 110 valence electrons. The first kappa shape index (κ1) is 14.0. The van der Waals surface area contributed by atoms with Gasteiger partial charge in [-0.3, -0.25) is 14.5 Å². The van der Waals surface area contributed by atoms with Crippen LogP contribution in [0.5, 0.6) is 0 Å². The molecule has 1 amide bonds. The molecule has 1 N–H and O–H groups in total. The van der Waals surface area contributed by atoms with Crippen molar-refractivity contribution in [2.24, 2.45) is 7.05 Å². The first-order valence-corrected chi connectivity index (χ1v) is 7.00. The van der Waals surface area contributed by atoms with Crippen molar-refractivity contribution in [1.82, 2.24) is 20.1 Å². The van der Waals surface area contributed by atoms with E-state index in [-0.39, 0.29) is 5.91 Å². The number of nitrogens with zero attached hydrogens (tertiary/aromatic N) is 3. The molecule has 0 fully saturated rings. The molecular formula is C17H16N4O. The van der Waals surface area contributed by atoms with Crippen LogP contribution >= 0.6 is 0 Å². The minimum atomic E-state index is -0.143. The van der Waals surface area contributed by atoms with Gasteiger partial charge in [-0.2, -0.15) is 5.10 Å². The molecule has 0 atom stereocenters. The topological polar surface area (TPSA) is 59.8 Å². The quantitative estimate of drug-likeness (QED) is 0.803. The molecule has 0 bridgehead atoms. The van der Waals surface area contributed by atoms with E-state index in [0.29, 0.717) is 12.1 Å². The van der Waals surface area contributed by atoms with Crippen molar-refractivity contribution in [2.45, 2.75) is 6.54 Å². The Morgan fingerprint density at radius 1 is 1.14 bits per heavy atom. The molecule has 0 aliphatic heterocycles. The highest BCUT2D eigenvalue weighted by atomic mass is 16.1. The first-order valence-electron chi connectivity index (χ1n) is 7.00. The molecule has 0 radical (unpaired) electrons. The van der Waals surface area contributed by atoms with Crippen LogP contribution < -0.4 is 5.32 Å². The van der Waals surface area contributed by atoms with Gasteiger partial charge < -0.3 is 5.32 Å². The third kappa shape index (κ3) is 2.88. The minimum absolute atomic E-state index is 0.143. The second-order valence-corrected chi connectivity index (χ2v) is 4.94. The van der Waals surface area contributed by atoms with Gasteiger partial charge in [0.25, 0.3) is 5.91 Å². The van der Waals surface area contributed by atoms with Gasteiger partial charge in [-0.15, -0.1) is 0 Å². The van der Waals surface area contributed by atoms with E-state index in [1.54, 1.807) is 23.3 Å². The van der Waals surface area contributed by atoms with Crippen LogP contribution in [0.2, 0.25) is 0 Å². The molecule has 0 saturated heterocycles. The number of rotatable bonds is 4. The predicted molar refractivity (Wildman–Crippen MR) is 84.1 cm³/mol. The van der Waals surface area contributed by atoms with Gasteiger partial charge in [0.2, 0.25) is 0 Å². The Hall–Kier alpha value is -2.95. The Morgan fingerprint density at radius 2 is 1.95 bits per heavy atom. The molecule has 22 heavy (non-hydrogen) atoms. The third-order valence-electron chi connectivity index (χ3n) is 3.41. The number of hydrogen-bond donors (Lipinski definition) is 1. The second-order valence-electron chi connectivity index (χ2n) is 4.94. The van der Waals surface area contributed by atoms with Crippen molar-refractivity contribution < 1.29 is 4.79 Å². The summed E-state index contributed by atoms with van der Waals surface area (Å²) in [5.41, 5.74) is 3.30. The summed E-state index contributed by atoms with van der Waals surface area (Å²) in [5.74, 6) is -0.143. The van der Waals surface area contributed by atoms with Crippen molar-refractivity contribution >= 4 is 5.91 Å². The standard InChI is InChI=1S/C17H16N4O/c1-21-16(14-7-3-2-4-8-14)15(12-20-21)17(22)19-11-13-6-5-9-18-10-13/h2-10,12H,11H2,1H3,(H,19,22). The fraction of sp³-hybridized carbons (Fsp3) is 0.118. The molecular weight excluding hydrogens is 276 g/mol. The summed E-state index contributed by atoms with van der Waals surface area (Å²) in [7, 11) is 1.83. The lowest BCUT2D eigenvalue weighted by atomic mass is 10.1. The summed E-state index contributed by atoms with van der Waals surface area (Å²) in [6, 6.07) is 13.5. The van der Waals surface area contributed by atoms with Crippen LogP contribution in [-0.4, -0.2) is 20.7 Å². The highest BCUT2D eigenvalue weighted by Crippen LogP contribution is 2.22. The highest BCUT2D eigenvalue weighted by molar-refractivity contribution is 5.99. The second kappa shape index (κ2) is 6.22. The van der Waals surface area contributed by atoms with E-state index in [2.05, 4.69) is 15.4 Å². The Labute approximate surface area is 128 Å². The molecule has 5 heteroatoms. The van der Waals surface area contributed by atoms with Crippen LogP contribution in [0.1, 0.15) is 15.9 Å². The molecule has 1 aromatic carbocycles. The van der Waals surface area contributed by atoms with E-state index in [0.717, 1.165) is 16.8 Å². The van der Waals surface area contributed by atoms with Crippen molar-refractivity contribution in [2.75, 3.05) is 0 Å². The summed E-state index contributed by atoms with van der Waals surface area (Å²) in [4.78, 5) is 16.5. The number of nitrogens with one attached hydrogen (secondary N) is 1. The number of benzene rings is 1. The average molecular weight is 292 g/mol. The maximum atomic E-state index is 12.4. The van der Waals surface area contributed by atoms with Crippen LogP contribution in [-0.2, 0) is 13.6 Å². The Balaban J connectivity index is 1.82. The van der Waals surface area contributed by atoms with E-state index in [9.17, 15) is 4.79 Å². The molecule has 2 aromatic heterocycles. The lowest BCUT2D eigenvalue weighted by molar-refractivity contribution is 0.0951. The first-order chi connectivity index (χ1) is 10.8. The van der Waals surface area contributed by atoms with Crippen LogP contribution in [0.15, 0.2) is 61.1 Å². The largest absolute Gasteiger partial charge is 0.348 e. The number of hydrogen-bond acceptors (Lipinski definition) is 3. The predicted octanol–water partition coefficient (Wildman–Crippen LogP) is 2.41. The van der Waals surface area contributed by atoms with Gasteiger partial charge in [0.15, 0.2) is 0 Å². The average Bonchev–Trinajstić information content (AvgIpc) is 2.96. The van der Waals surface area contributed by atoms with E-state index < -0.39 is 0 Å². The lowest BCUT2D eigenvalue weighted by Gasteiger charge is -2.07. The minimum Gasteiger partial charge on any atom is -0.348 e. The molecule has 0 saturated carbocycles. The summed E-state index contributed by atoms with van der Waals surface area (Å²) >= 11 is 0. The number of amides is 1. The highest BCUT2D eigenvalue weighted by Gasteiger charge is 2.17. The van der Waals surface area contributed by atoms with Gasteiger partial charge >= 0.3 is 0 Å². The van der Waals surface area contributed by atoms with E-state index in [1.807, 2.05) is 49.5 Å². The molecule has 5 nitrogen and oxygen atoms in total. The SMILES string of the molecule is Cn1ncc(C(=O)NCc2cccnc2)c1-c1ccccc1. The summed E-state index contributed by atoms with van der Waals surface area (Å²) in [6.07, 6.45) is 5.04. The number of carbonyl (C=O) groups is 1. The Morgan fingerprint density at radius 3 is 2.68 bits per heavy atom. The van der Waals surface area contributed by atoms with Crippen molar-refractivity contribution in [3.8, 4) is 11.3 Å². The number of carbonyl (C=O) groups excluding carboxylic acids is 1. The van der Waals surface area contributed by atoms with Gasteiger partial charge in [0.05, 0.1) is 17.5 Å². The monoisotopic (exact) mass is 292 g/mol. The van der Waals surface area contributed by atoms with Crippen LogP contribution in [0.3, 0.4) is 0 Å². The number of aryl methyl sites for hydroxylation is 1. The molecule has 2 heterocycles. The van der Waals surface area contributed by atoms with Crippen LogP contribution in [0.25, 0.3) is 11.3 Å². The molecule has 0 aliphatic rings. The van der Waals surface area contributed by atoms with E-state index >= 15 is 0 Å². The van der Waals surface area contributed by atoms with Crippen molar-refractivity contribution in [1.29, 1.82) is 0 Å². The normalized spacial score (nSPS) is 10.4. The van der Waals surface area contributed by atoms with Crippen LogP contribution in [0.4, 0.5) is 0 Å². The molecule has 3 aromatic rings. The summed E-state index contributed by atoms with van der Waals surface area (Å²) < 4.78 is 1.72. The molecule has 3 rings (SSSR count). The number of pyridine rings is 1. The van der Waals surface area contributed by atoms with Crippen molar-refractivity contribution in [3.63, 3.8) is 0 Å². The zero-order chi connectivity index (χ0) is 15.4. The van der Waals surface area contributed by atoms with Gasteiger partial charge in [-0.05, 0) is 11.6 Å². The van der Waals surface area contributed by atoms with E-state index in [1.165, 1.54) is 0 Å². The van der Waals surface area contributed by atoms with Crippen LogP contribution in [0, 0.1) is 0 Å². The van der Waals surface area contributed by atoms with Gasteiger partial charge in [0.1, 0.15) is 0 Å². The van der Waals surface area contributed by atoms with E-state index in [4.69, 9.17) is 0 Å². The van der Waals surface area contributed by atoms with Crippen molar-refractivity contribution in [3.05, 3.63) is 72.2 Å². The fourth-order valence-corrected chi connectivity index (χ4v) is 2.32.